The zero-order valence-electron chi connectivity index (χ0n) is 10.8. The molecule has 3 heteroatoms. The number of rotatable bonds is 8. The average molecular weight is 237 g/mol. The molecule has 0 aliphatic rings. The molecule has 3 nitrogen and oxygen atoms in total. The summed E-state index contributed by atoms with van der Waals surface area (Å²) in [6.07, 6.45) is 1.21. The van der Waals surface area contributed by atoms with Crippen LogP contribution >= 0.6 is 0 Å². The Morgan fingerprint density at radius 3 is 2.29 bits per heavy atom. The van der Waals surface area contributed by atoms with Crippen LogP contribution in [0.3, 0.4) is 0 Å². The lowest BCUT2D eigenvalue weighted by atomic mass is 10.1. The van der Waals surface area contributed by atoms with Crippen molar-refractivity contribution >= 4 is 0 Å². The van der Waals surface area contributed by atoms with E-state index >= 15 is 0 Å². The number of nitrogens with two attached hydrogens (primary N) is 1. The molecule has 1 aromatic rings. The summed E-state index contributed by atoms with van der Waals surface area (Å²) in [5, 5.41) is 0. The van der Waals surface area contributed by atoms with Crippen molar-refractivity contribution in [3.05, 3.63) is 35.4 Å². The standard InChI is InChI=1S/C14H23NO2/c1-12(2)17-10-9-16-11-14-5-3-13(4-6-14)7-8-15/h3-6,12H,7-11,15H2,1-2H3. The van der Waals surface area contributed by atoms with E-state index in [1.807, 2.05) is 13.8 Å². The van der Waals surface area contributed by atoms with Crippen molar-refractivity contribution in [3.63, 3.8) is 0 Å². The lowest BCUT2D eigenvalue weighted by molar-refractivity contribution is 0.0143. The molecule has 0 spiro atoms. The zero-order valence-corrected chi connectivity index (χ0v) is 10.8. The number of ether oxygens (including phenoxy) is 2. The van der Waals surface area contributed by atoms with Crippen LogP contribution in [0.2, 0.25) is 0 Å². The monoisotopic (exact) mass is 237 g/mol. The molecule has 0 atom stereocenters. The van der Waals surface area contributed by atoms with Gasteiger partial charge in [0.1, 0.15) is 0 Å². The molecule has 0 heterocycles. The van der Waals surface area contributed by atoms with Gasteiger partial charge in [0.2, 0.25) is 0 Å². The van der Waals surface area contributed by atoms with E-state index in [-0.39, 0.29) is 6.10 Å². The van der Waals surface area contributed by atoms with Crippen molar-refractivity contribution in [2.45, 2.75) is 33.0 Å². The fraction of sp³-hybridized carbons (Fsp3) is 0.571. The minimum Gasteiger partial charge on any atom is -0.376 e. The van der Waals surface area contributed by atoms with Crippen LogP contribution in [0.15, 0.2) is 24.3 Å². The number of benzene rings is 1. The van der Waals surface area contributed by atoms with E-state index in [1.165, 1.54) is 11.1 Å². The van der Waals surface area contributed by atoms with Crippen molar-refractivity contribution in [3.8, 4) is 0 Å². The molecule has 1 rings (SSSR count). The molecule has 17 heavy (non-hydrogen) atoms. The minimum atomic E-state index is 0.272. The maximum absolute atomic E-state index is 5.52. The van der Waals surface area contributed by atoms with Gasteiger partial charge in [-0.05, 0) is 37.9 Å². The molecular formula is C14H23NO2. The van der Waals surface area contributed by atoms with Crippen LogP contribution in [0.25, 0.3) is 0 Å². The van der Waals surface area contributed by atoms with Gasteiger partial charge in [-0.1, -0.05) is 24.3 Å². The lowest BCUT2D eigenvalue weighted by Crippen LogP contribution is -2.09. The highest BCUT2D eigenvalue weighted by Gasteiger charge is 1.96. The van der Waals surface area contributed by atoms with Crippen LogP contribution in [-0.4, -0.2) is 25.9 Å². The zero-order chi connectivity index (χ0) is 12.5. The molecule has 0 radical (unpaired) electrons. The molecular weight excluding hydrogens is 214 g/mol. The molecule has 0 amide bonds. The van der Waals surface area contributed by atoms with Gasteiger partial charge in [0.25, 0.3) is 0 Å². The molecule has 0 aliphatic heterocycles. The highest BCUT2D eigenvalue weighted by Crippen LogP contribution is 2.06. The maximum atomic E-state index is 5.52. The quantitative estimate of drug-likeness (QED) is 0.704. The Morgan fingerprint density at radius 2 is 1.71 bits per heavy atom. The topological polar surface area (TPSA) is 44.5 Å². The normalized spacial score (nSPS) is 11.1. The largest absolute Gasteiger partial charge is 0.376 e. The predicted octanol–water partition coefficient (Wildman–Crippen LogP) is 2.13. The first kappa shape index (κ1) is 14.2. The highest BCUT2D eigenvalue weighted by molar-refractivity contribution is 5.22. The first-order valence-electron chi connectivity index (χ1n) is 6.19. The fourth-order valence-corrected chi connectivity index (χ4v) is 1.50. The second kappa shape index (κ2) is 8.23. The average Bonchev–Trinajstić information content (AvgIpc) is 2.31. The summed E-state index contributed by atoms with van der Waals surface area (Å²) in [5.74, 6) is 0. The number of hydrogen-bond acceptors (Lipinski definition) is 3. The molecule has 0 bridgehead atoms. The Bertz CT molecular complexity index is 296. The van der Waals surface area contributed by atoms with Gasteiger partial charge in [0.15, 0.2) is 0 Å². The Labute approximate surface area is 104 Å². The first-order chi connectivity index (χ1) is 8.22. The molecule has 0 fully saturated rings. The summed E-state index contributed by atoms with van der Waals surface area (Å²) in [4.78, 5) is 0. The van der Waals surface area contributed by atoms with E-state index in [9.17, 15) is 0 Å². The number of hydrogen-bond donors (Lipinski definition) is 1. The van der Waals surface area contributed by atoms with Crippen LogP contribution in [0.1, 0.15) is 25.0 Å². The van der Waals surface area contributed by atoms with Gasteiger partial charge >= 0.3 is 0 Å². The van der Waals surface area contributed by atoms with Gasteiger partial charge in [0.05, 0.1) is 25.9 Å². The van der Waals surface area contributed by atoms with Gasteiger partial charge in [-0.2, -0.15) is 0 Å². The SMILES string of the molecule is CC(C)OCCOCc1ccc(CCN)cc1. The summed E-state index contributed by atoms with van der Waals surface area (Å²) in [7, 11) is 0. The van der Waals surface area contributed by atoms with Gasteiger partial charge in [-0.25, -0.2) is 0 Å². The Kier molecular flexibility index (Phi) is 6.86. The van der Waals surface area contributed by atoms with Gasteiger partial charge < -0.3 is 15.2 Å². The Morgan fingerprint density at radius 1 is 1.06 bits per heavy atom. The van der Waals surface area contributed by atoms with Crippen molar-refractivity contribution in [2.24, 2.45) is 5.73 Å². The summed E-state index contributed by atoms with van der Waals surface area (Å²) in [6.45, 7) is 6.69. The second-order valence-electron chi connectivity index (χ2n) is 4.33. The Balaban J connectivity index is 2.18. The molecule has 0 saturated heterocycles. The van der Waals surface area contributed by atoms with Crippen LogP contribution in [0.4, 0.5) is 0 Å². The third-order valence-corrected chi connectivity index (χ3v) is 2.40. The summed E-state index contributed by atoms with van der Waals surface area (Å²) in [6, 6.07) is 8.40. The van der Waals surface area contributed by atoms with Crippen molar-refractivity contribution < 1.29 is 9.47 Å². The van der Waals surface area contributed by atoms with Crippen molar-refractivity contribution in [1.82, 2.24) is 0 Å². The summed E-state index contributed by atoms with van der Waals surface area (Å²) in [5.41, 5.74) is 7.97. The van der Waals surface area contributed by atoms with E-state index in [4.69, 9.17) is 15.2 Å². The first-order valence-corrected chi connectivity index (χ1v) is 6.19. The van der Waals surface area contributed by atoms with Gasteiger partial charge in [-0.3, -0.25) is 0 Å². The minimum absolute atomic E-state index is 0.272. The van der Waals surface area contributed by atoms with E-state index in [2.05, 4.69) is 24.3 Å². The van der Waals surface area contributed by atoms with Crippen LogP contribution < -0.4 is 5.73 Å². The molecule has 1 aromatic carbocycles. The van der Waals surface area contributed by atoms with Crippen molar-refractivity contribution in [2.75, 3.05) is 19.8 Å². The van der Waals surface area contributed by atoms with Gasteiger partial charge in [-0.15, -0.1) is 0 Å². The second-order valence-corrected chi connectivity index (χ2v) is 4.33. The molecule has 0 aliphatic carbocycles. The molecule has 96 valence electrons. The summed E-state index contributed by atoms with van der Waals surface area (Å²) < 4.78 is 10.9. The van der Waals surface area contributed by atoms with Crippen molar-refractivity contribution in [1.29, 1.82) is 0 Å². The van der Waals surface area contributed by atoms with Crippen LogP contribution in [0.5, 0.6) is 0 Å². The maximum Gasteiger partial charge on any atom is 0.0718 e. The van der Waals surface area contributed by atoms with E-state index in [0.717, 1.165) is 6.42 Å². The third-order valence-electron chi connectivity index (χ3n) is 2.40. The van der Waals surface area contributed by atoms with Crippen LogP contribution in [0, 0.1) is 0 Å². The van der Waals surface area contributed by atoms with E-state index in [1.54, 1.807) is 0 Å². The Hall–Kier alpha value is -0.900. The third kappa shape index (κ3) is 6.41. The van der Waals surface area contributed by atoms with Gasteiger partial charge in [0, 0.05) is 0 Å². The smallest absolute Gasteiger partial charge is 0.0718 e. The molecule has 0 saturated carbocycles. The predicted molar refractivity (Wildman–Crippen MR) is 69.9 cm³/mol. The van der Waals surface area contributed by atoms with E-state index < -0.39 is 0 Å². The molecule has 0 unspecified atom stereocenters. The molecule has 2 N–H and O–H groups in total. The lowest BCUT2D eigenvalue weighted by Gasteiger charge is -2.08. The highest BCUT2D eigenvalue weighted by atomic mass is 16.5. The van der Waals surface area contributed by atoms with E-state index in [0.29, 0.717) is 26.4 Å². The fourth-order valence-electron chi connectivity index (χ4n) is 1.50. The molecule has 0 aromatic heterocycles. The summed E-state index contributed by atoms with van der Waals surface area (Å²) >= 11 is 0. The van der Waals surface area contributed by atoms with Crippen LogP contribution in [-0.2, 0) is 22.5 Å².